The normalized spacial score (nSPS) is 22.5. The zero-order chi connectivity index (χ0) is 32.3. The average molecular weight is 640 g/mol. The SMILES string of the molecule is CN1CCCCC1N1CCN(C(=O)C(CC(=O)N2CCC(N3CCc4ccccc4NC3=O)CC2)Cc2ccc3[nH]ccc3c2)CC1. The molecular formula is C37H49N7O3. The molecule has 0 saturated carbocycles. The number of anilines is 1. The summed E-state index contributed by atoms with van der Waals surface area (Å²) in [6.07, 6.45) is 9.17. The first-order valence-corrected chi connectivity index (χ1v) is 17.7. The van der Waals surface area contributed by atoms with E-state index in [4.69, 9.17) is 0 Å². The monoisotopic (exact) mass is 639 g/mol. The van der Waals surface area contributed by atoms with Crippen molar-refractivity contribution in [2.45, 2.75) is 63.6 Å². The fourth-order valence-corrected chi connectivity index (χ4v) is 8.28. The van der Waals surface area contributed by atoms with Crippen LogP contribution in [-0.2, 0) is 22.4 Å². The summed E-state index contributed by atoms with van der Waals surface area (Å²) in [6.45, 7) is 6.17. The highest BCUT2D eigenvalue weighted by atomic mass is 16.2. The number of aromatic amines is 1. The van der Waals surface area contributed by atoms with Gasteiger partial charge in [-0.25, -0.2) is 4.79 Å². The second kappa shape index (κ2) is 14.1. The minimum atomic E-state index is -0.407. The van der Waals surface area contributed by atoms with Gasteiger partial charge in [-0.2, -0.15) is 0 Å². The maximum atomic E-state index is 14.2. The number of nitrogens with zero attached hydrogens (tertiary/aromatic N) is 5. The van der Waals surface area contributed by atoms with Gasteiger partial charge in [-0.15, -0.1) is 0 Å². The molecule has 0 aliphatic carbocycles. The van der Waals surface area contributed by atoms with E-state index in [9.17, 15) is 14.4 Å². The van der Waals surface area contributed by atoms with Crippen LogP contribution in [0.5, 0.6) is 0 Å². The molecule has 250 valence electrons. The Labute approximate surface area is 278 Å². The minimum absolute atomic E-state index is 0.0414. The highest BCUT2D eigenvalue weighted by Gasteiger charge is 2.36. The third kappa shape index (κ3) is 7.04. The molecule has 4 aliphatic rings. The lowest BCUT2D eigenvalue weighted by atomic mass is 9.92. The number of carbonyl (C=O) groups excluding carboxylic acids is 3. The van der Waals surface area contributed by atoms with Crippen LogP contribution in [-0.4, -0.2) is 119 Å². The van der Waals surface area contributed by atoms with Crippen molar-refractivity contribution in [3.8, 4) is 0 Å². The molecule has 2 aromatic carbocycles. The van der Waals surface area contributed by atoms with E-state index in [1.165, 1.54) is 19.3 Å². The lowest BCUT2D eigenvalue weighted by Gasteiger charge is -2.45. The first-order chi connectivity index (χ1) is 22.9. The molecule has 2 N–H and O–H groups in total. The number of carbonyl (C=O) groups is 3. The summed E-state index contributed by atoms with van der Waals surface area (Å²) in [4.78, 5) is 55.3. The molecule has 7 rings (SSSR count). The van der Waals surface area contributed by atoms with E-state index in [-0.39, 0.29) is 30.3 Å². The summed E-state index contributed by atoms with van der Waals surface area (Å²) >= 11 is 0. The number of H-pyrrole nitrogens is 1. The molecule has 4 aliphatic heterocycles. The first kappa shape index (κ1) is 31.7. The predicted molar refractivity (Wildman–Crippen MR) is 184 cm³/mol. The number of nitrogens with one attached hydrogen (secondary N) is 2. The van der Waals surface area contributed by atoms with Crippen LogP contribution in [0, 0.1) is 5.92 Å². The number of para-hydroxylation sites is 1. The molecule has 10 heteroatoms. The first-order valence-electron chi connectivity index (χ1n) is 17.7. The van der Waals surface area contributed by atoms with Crippen LogP contribution in [0.15, 0.2) is 54.7 Å². The van der Waals surface area contributed by atoms with E-state index in [1.54, 1.807) is 0 Å². The van der Waals surface area contributed by atoms with Gasteiger partial charge in [-0.3, -0.25) is 19.4 Å². The van der Waals surface area contributed by atoms with Crippen LogP contribution in [0.1, 0.15) is 49.7 Å². The van der Waals surface area contributed by atoms with E-state index < -0.39 is 5.92 Å². The second-order valence-corrected chi connectivity index (χ2v) is 14.0. The van der Waals surface area contributed by atoms with Crippen molar-refractivity contribution < 1.29 is 14.4 Å². The molecule has 4 amide bonds. The molecule has 0 radical (unpaired) electrons. The van der Waals surface area contributed by atoms with E-state index in [0.717, 1.165) is 66.6 Å². The topological polar surface area (TPSA) is 95.2 Å². The lowest BCUT2D eigenvalue weighted by Crippen LogP contribution is -2.58. The summed E-state index contributed by atoms with van der Waals surface area (Å²) in [5.41, 5.74) is 4.20. The van der Waals surface area contributed by atoms with Crippen LogP contribution >= 0.6 is 0 Å². The Bertz CT molecular complexity index is 1570. The maximum absolute atomic E-state index is 14.2. The molecule has 1 aromatic heterocycles. The van der Waals surface area contributed by atoms with E-state index >= 15 is 0 Å². The van der Waals surface area contributed by atoms with Crippen LogP contribution in [0.25, 0.3) is 10.9 Å². The van der Waals surface area contributed by atoms with Crippen molar-refractivity contribution in [2.75, 3.05) is 64.7 Å². The number of piperazine rings is 1. The number of hydrogen-bond acceptors (Lipinski definition) is 5. The van der Waals surface area contributed by atoms with Gasteiger partial charge in [0.15, 0.2) is 0 Å². The molecule has 2 unspecified atom stereocenters. The van der Waals surface area contributed by atoms with Crippen molar-refractivity contribution in [2.24, 2.45) is 5.92 Å². The number of rotatable bonds is 7. The highest BCUT2D eigenvalue weighted by Crippen LogP contribution is 2.27. The third-order valence-electron chi connectivity index (χ3n) is 11.0. The van der Waals surface area contributed by atoms with Gasteiger partial charge in [0.1, 0.15) is 0 Å². The number of benzene rings is 2. The quantitative estimate of drug-likeness (QED) is 0.400. The molecule has 0 spiro atoms. The molecule has 10 nitrogen and oxygen atoms in total. The van der Waals surface area contributed by atoms with Crippen LogP contribution in [0.3, 0.4) is 0 Å². The zero-order valence-corrected chi connectivity index (χ0v) is 27.7. The molecule has 3 aromatic rings. The number of fused-ring (bicyclic) bond motifs is 2. The largest absolute Gasteiger partial charge is 0.361 e. The number of piperidine rings is 2. The Morgan fingerprint density at radius 2 is 1.68 bits per heavy atom. The molecular weight excluding hydrogens is 590 g/mol. The molecule has 3 fully saturated rings. The second-order valence-electron chi connectivity index (χ2n) is 14.0. The fourth-order valence-electron chi connectivity index (χ4n) is 8.28. The van der Waals surface area contributed by atoms with Gasteiger partial charge < -0.3 is 25.0 Å². The smallest absolute Gasteiger partial charge is 0.322 e. The van der Waals surface area contributed by atoms with Crippen LogP contribution in [0.4, 0.5) is 10.5 Å². The van der Waals surface area contributed by atoms with Gasteiger partial charge in [0.25, 0.3) is 0 Å². The molecule has 2 atom stereocenters. The number of amides is 4. The van der Waals surface area contributed by atoms with E-state index in [1.807, 2.05) is 39.1 Å². The van der Waals surface area contributed by atoms with Crippen molar-refractivity contribution in [3.05, 3.63) is 65.9 Å². The van der Waals surface area contributed by atoms with Gasteiger partial charge in [0, 0.05) is 75.7 Å². The summed E-state index contributed by atoms with van der Waals surface area (Å²) in [5.74, 6) is -0.269. The van der Waals surface area contributed by atoms with E-state index in [0.29, 0.717) is 45.3 Å². The molecule has 0 bridgehead atoms. The zero-order valence-electron chi connectivity index (χ0n) is 27.7. The Kier molecular flexibility index (Phi) is 9.49. The summed E-state index contributed by atoms with van der Waals surface area (Å²) < 4.78 is 0. The van der Waals surface area contributed by atoms with E-state index in [2.05, 4.69) is 57.5 Å². The van der Waals surface area contributed by atoms with Crippen molar-refractivity contribution in [1.29, 1.82) is 0 Å². The Hall–Kier alpha value is -3.89. The lowest BCUT2D eigenvalue weighted by molar-refractivity contribution is -0.143. The van der Waals surface area contributed by atoms with Gasteiger partial charge in [0.2, 0.25) is 11.8 Å². The average Bonchev–Trinajstić information content (AvgIpc) is 3.50. The number of likely N-dealkylation sites (tertiary alicyclic amines) is 2. The Morgan fingerprint density at radius 3 is 2.49 bits per heavy atom. The van der Waals surface area contributed by atoms with Gasteiger partial charge in [0.05, 0.1) is 12.1 Å². The fraction of sp³-hybridized carbons (Fsp3) is 0.541. The van der Waals surface area contributed by atoms with Crippen LogP contribution < -0.4 is 5.32 Å². The Balaban J connectivity index is 0.989. The van der Waals surface area contributed by atoms with Crippen molar-refractivity contribution >= 4 is 34.4 Å². The van der Waals surface area contributed by atoms with Crippen LogP contribution in [0.2, 0.25) is 0 Å². The minimum Gasteiger partial charge on any atom is -0.361 e. The number of hydrogen-bond donors (Lipinski definition) is 2. The molecule has 3 saturated heterocycles. The maximum Gasteiger partial charge on any atom is 0.322 e. The summed E-state index contributed by atoms with van der Waals surface area (Å²) in [6, 6.07) is 16.4. The van der Waals surface area contributed by atoms with Gasteiger partial charge in [-0.1, -0.05) is 24.3 Å². The standard InChI is InChI=1S/C37H49N7O3/c1-40-16-5-4-8-34(40)41-20-22-43(23-21-41)36(46)30(25-27-9-10-32-29(24-27)11-15-38-32)26-35(45)42-17-13-31(14-18-42)44-19-12-28-6-2-3-7-33(28)39-37(44)47/h2-3,6-7,9-11,15,24,30-31,34,38H,4-5,8,12-14,16-23,25-26H2,1H3,(H,39,47). The highest BCUT2D eigenvalue weighted by molar-refractivity contribution is 5.91. The Morgan fingerprint density at radius 1 is 0.872 bits per heavy atom. The summed E-state index contributed by atoms with van der Waals surface area (Å²) in [5, 5.41) is 4.20. The predicted octanol–water partition coefficient (Wildman–Crippen LogP) is 4.38. The number of urea groups is 1. The number of aromatic nitrogens is 1. The third-order valence-corrected chi connectivity index (χ3v) is 11.0. The van der Waals surface area contributed by atoms with Crippen molar-refractivity contribution in [1.82, 2.24) is 29.5 Å². The van der Waals surface area contributed by atoms with Crippen molar-refractivity contribution in [3.63, 3.8) is 0 Å². The summed E-state index contributed by atoms with van der Waals surface area (Å²) in [7, 11) is 2.22. The van der Waals surface area contributed by atoms with Gasteiger partial charge >= 0.3 is 6.03 Å². The molecule has 47 heavy (non-hydrogen) atoms. The van der Waals surface area contributed by atoms with Gasteiger partial charge in [-0.05, 0) is 99.3 Å². The molecule has 5 heterocycles.